The number of amides is 1. The second-order valence-corrected chi connectivity index (χ2v) is 15.4. The third kappa shape index (κ3) is 3.65. The molecule has 36 heavy (non-hydrogen) atoms. The molecule has 2 N–H and O–H groups in total. The number of carbonyl (C=O) groups is 1. The lowest BCUT2D eigenvalue weighted by molar-refractivity contribution is -0.151. The molecule has 1 aromatic rings. The number of carbonyl (C=O) groups excluding carboxylic acids is 1. The van der Waals surface area contributed by atoms with E-state index in [9.17, 15) is 13.2 Å². The largest absolute Gasteiger partial charge is 0.360 e. The quantitative estimate of drug-likeness (QED) is 0.478. The zero-order valence-corrected chi connectivity index (χ0v) is 23.4. The molecule has 6 fully saturated rings. The van der Waals surface area contributed by atoms with Gasteiger partial charge in [-0.25, -0.2) is 8.42 Å². The molecule has 10 heteroatoms. The van der Waals surface area contributed by atoms with E-state index in [1.54, 1.807) is 16.4 Å². The van der Waals surface area contributed by atoms with Gasteiger partial charge < -0.3 is 10.6 Å². The van der Waals surface area contributed by atoms with Gasteiger partial charge in [-0.05, 0) is 82.4 Å². The van der Waals surface area contributed by atoms with E-state index in [2.05, 4.69) is 10.6 Å². The highest BCUT2D eigenvalue weighted by molar-refractivity contribution is 7.89. The Hall–Kier alpha value is -1.35. The maximum atomic E-state index is 13.4. The highest BCUT2D eigenvalue weighted by Gasteiger charge is 2.75. The average molecular weight is 554 g/mol. The third-order valence-electron chi connectivity index (χ3n) is 9.22. The van der Waals surface area contributed by atoms with Crippen molar-refractivity contribution in [1.29, 1.82) is 0 Å². The molecule has 7 nitrogen and oxygen atoms in total. The SMILES string of the molecule is CCCS(=O)(=O)N(Cc1ccc(Cl)c(Cl)c1)C12CC(C3=NC(C)(C)[C@H](C(=O)NC45CC(C4)C5)N3)(C1)C2. The van der Waals surface area contributed by atoms with E-state index in [-0.39, 0.29) is 29.2 Å². The summed E-state index contributed by atoms with van der Waals surface area (Å²) in [7, 11) is -3.45. The molecule has 1 amide bonds. The van der Waals surface area contributed by atoms with Crippen molar-refractivity contribution in [3.8, 4) is 0 Å². The Morgan fingerprint density at radius 3 is 2.39 bits per heavy atom. The van der Waals surface area contributed by atoms with Crippen molar-refractivity contribution in [3.63, 3.8) is 0 Å². The summed E-state index contributed by atoms with van der Waals surface area (Å²) >= 11 is 12.3. The Kier molecular flexibility index (Phi) is 5.43. The fourth-order valence-electron chi connectivity index (χ4n) is 7.30. The molecule has 0 spiro atoms. The summed E-state index contributed by atoms with van der Waals surface area (Å²) in [6, 6.07) is 4.90. The van der Waals surface area contributed by atoms with E-state index in [1.807, 2.05) is 26.8 Å². The molecule has 8 rings (SSSR count). The van der Waals surface area contributed by atoms with Gasteiger partial charge in [0.25, 0.3) is 0 Å². The smallest absolute Gasteiger partial charge is 0.245 e. The average Bonchev–Trinajstić information content (AvgIpc) is 2.98. The molecule has 0 aromatic heterocycles. The molecule has 7 aliphatic rings. The first-order valence-corrected chi connectivity index (χ1v) is 15.3. The van der Waals surface area contributed by atoms with Crippen LogP contribution in [0.1, 0.15) is 71.3 Å². The highest BCUT2D eigenvalue weighted by atomic mass is 35.5. The van der Waals surface area contributed by atoms with Crippen molar-refractivity contribution in [2.24, 2.45) is 16.3 Å². The molecule has 4 bridgehead atoms. The van der Waals surface area contributed by atoms with Crippen LogP contribution in [0, 0.1) is 11.3 Å². The minimum absolute atomic E-state index is 0.0291. The lowest BCUT2D eigenvalue weighted by Gasteiger charge is -2.73. The first-order chi connectivity index (χ1) is 16.8. The van der Waals surface area contributed by atoms with Crippen LogP contribution in [0.15, 0.2) is 23.2 Å². The molecule has 0 radical (unpaired) electrons. The molecule has 1 heterocycles. The van der Waals surface area contributed by atoms with Crippen LogP contribution in [-0.2, 0) is 21.4 Å². The molecule has 196 valence electrons. The van der Waals surface area contributed by atoms with E-state index in [0.29, 0.717) is 35.7 Å². The first kappa shape index (κ1) is 25.0. The Morgan fingerprint density at radius 2 is 1.83 bits per heavy atom. The topological polar surface area (TPSA) is 90.9 Å². The number of amidine groups is 1. The van der Waals surface area contributed by atoms with Gasteiger partial charge in [0.15, 0.2) is 0 Å². The molecule has 1 aliphatic heterocycles. The number of hydrogen-bond acceptors (Lipinski definition) is 5. The zero-order chi connectivity index (χ0) is 25.7. The molecule has 0 saturated heterocycles. The zero-order valence-electron chi connectivity index (χ0n) is 21.0. The predicted octanol–water partition coefficient (Wildman–Crippen LogP) is 4.28. The Balaban J connectivity index is 1.18. The molecular weight excluding hydrogens is 519 g/mol. The third-order valence-corrected chi connectivity index (χ3v) is 12.1. The Morgan fingerprint density at radius 1 is 1.17 bits per heavy atom. The second-order valence-electron chi connectivity index (χ2n) is 12.5. The number of sulfonamides is 1. The molecule has 6 saturated carbocycles. The van der Waals surface area contributed by atoms with E-state index >= 15 is 0 Å². The van der Waals surface area contributed by atoms with Crippen molar-refractivity contribution < 1.29 is 13.2 Å². The van der Waals surface area contributed by atoms with E-state index in [4.69, 9.17) is 28.2 Å². The van der Waals surface area contributed by atoms with Crippen LogP contribution in [0.3, 0.4) is 0 Å². The van der Waals surface area contributed by atoms with E-state index in [1.165, 1.54) is 0 Å². The summed E-state index contributed by atoms with van der Waals surface area (Å²) in [4.78, 5) is 18.1. The standard InChI is InChI=1S/C26H34Cl2N4O3S/c1-4-7-36(34,35)32(12-16-5-6-18(27)19(28)8-16)26-13-24(14-26,15-26)22-29-20(23(2,3)31-22)21(33)30-25-9-17(10-25)11-25/h5-6,8,17,20H,4,7,9-15H2,1-3H3,(H,29,31)(H,30,33)/t17?,20-,24?,25?,26?/m0/s1. The summed E-state index contributed by atoms with van der Waals surface area (Å²) in [6.07, 6.45) is 6.01. The van der Waals surface area contributed by atoms with Crippen molar-refractivity contribution in [2.45, 2.75) is 94.9 Å². The van der Waals surface area contributed by atoms with Crippen LogP contribution in [0.5, 0.6) is 0 Å². The van der Waals surface area contributed by atoms with Gasteiger partial charge in [0.2, 0.25) is 15.9 Å². The van der Waals surface area contributed by atoms with Gasteiger partial charge in [0, 0.05) is 23.0 Å². The number of hydrogen-bond donors (Lipinski definition) is 2. The van der Waals surface area contributed by atoms with Gasteiger partial charge in [-0.2, -0.15) is 4.31 Å². The Bertz CT molecular complexity index is 1240. The van der Waals surface area contributed by atoms with Gasteiger partial charge in [0.1, 0.15) is 11.9 Å². The van der Waals surface area contributed by atoms with Crippen LogP contribution >= 0.6 is 23.2 Å². The number of aliphatic imine (C=N–C) groups is 1. The number of halogens is 2. The monoisotopic (exact) mass is 552 g/mol. The van der Waals surface area contributed by atoms with Crippen molar-refractivity contribution in [1.82, 2.24) is 14.9 Å². The summed E-state index contributed by atoms with van der Waals surface area (Å²) in [5, 5.41) is 7.64. The highest BCUT2D eigenvalue weighted by Crippen LogP contribution is 2.71. The molecule has 0 unspecified atom stereocenters. The van der Waals surface area contributed by atoms with Gasteiger partial charge in [-0.1, -0.05) is 36.2 Å². The van der Waals surface area contributed by atoms with E-state index < -0.39 is 27.1 Å². The number of nitrogens with zero attached hydrogens (tertiary/aromatic N) is 2. The lowest BCUT2D eigenvalue weighted by Crippen LogP contribution is -2.78. The maximum Gasteiger partial charge on any atom is 0.245 e. The fraction of sp³-hybridized carbons (Fsp3) is 0.692. The molecule has 6 aliphatic carbocycles. The Labute approximate surface area is 223 Å². The first-order valence-electron chi connectivity index (χ1n) is 12.9. The summed E-state index contributed by atoms with van der Waals surface area (Å²) in [6.45, 7) is 6.16. The predicted molar refractivity (Wildman–Crippen MR) is 142 cm³/mol. The fourth-order valence-corrected chi connectivity index (χ4v) is 9.49. The number of benzene rings is 1. The van der Waals surface area contributed by atoms with Crippen molar-refractivity contribution in [2.75, 3.05) is 5.75 Å². The lowest BCUT2D eigenvalue weighted by atomic mass is 9.38. The molecule has 1 atom stereocenters. The number of nitrogens with one attached hydrogen (secondary N) is 2. The van der Waals surface area contributed by atoms with Crippen LogP contribution in [0.25, 0.3) is 0 Å². The minimum atomic E-state index is -3.45. The molecule has 1 aromatic carbocycles. The summed E-state index contributed by atoms with van der Waals surface area (Å²) in [5.41, 5.74) is -0.285. The van der Waals surface area contributed by atoms with Gasteiger partial charge >= 0.3 is 0 Å². The normalized spacial score (nSPS) is 37.1. The van der Waals surface area contributed by atoms with Gasteiger partial charge in [-0.3, -0.25) is 9.79 Å². The van der Waals surface area contributed by atoms with Crippen LogP contribution in [-0.4, -0.2) is 52.9 Å². The van der Waals surface area contributed by atoms with E-state index in [0.717, 1.165) is 36.6 Å². The summed E-state index contributed by atoms with van der Waals surface area (Å²) in [5.74, 6) is 1.81. The van der Waals surface area contributed by atoms with Crippen LogP contribution in [0.4, 0.5) is 0 Å². The van der Waals surface area contributed by atoms with Gasteiger partial charge in [0.05, 0.1) is 21.3 Å². The van der Waals surface area contributed by atoms with Crippen molar-refractivity contribution >= 4 is 45.0 Å². The number of rotatable bonds is 9. The second kappa shape index (κ2) is 7.84. The van der Waals surface area contributed by atoms with Gasteiger partial charge in [-0.15, -0.1) is 0 Å². The maximum absolute atomic E-state index is 13.4. The molecular formula is C26H34Cl2N4O3S. The van der Waals surface area contributed by atoms with Crippen molar-refractivity contribution in [3.05, 3.63) is 33.8 Å². The van der Waals surface area contributed by atoms with Crippen LogP contribution in [0.2, 0.25) is 10.0 Å². The summed E-state index contributed by atoms with van der Waals surface area (Å²) < 4.78 is 28.4. The van der Waals surface area contributed by atoms with Crippen LogP contribution < -0.4 is 10.6 Å². The minimum Gasteiger partial charge on any atom is -0.360 e.